The van der Waals surface area contributed by atoms with Gasteiger partial charge in [-0.1, -0.05) is 12.1 Å². The molecule has 7 nitrogen and oxygen atoms in total. The van der Waals surface area contributed by atoms with E-state index in [1.165, 1.54) is 5.56 Å². The standard InChI is InChI=1S/C21H31N5O2S.HI/c1-15-25-18(14-29-15)11-13-24-19(22-5)23-12-10-16-6-8-17(9-7-16)26-20(27)28-21(2,3)4;/h6-9,14H,10-13H2,1-5H3,(H,26,27)(H2,22,23,24);1H. The average molecular weight is 545 g/mol. The minimum absolute atomic E-state index is 0. The number of ether oxygens (including phenoxy) is 1. The van der Waals surface area contributed by atoms with Crippen LogP contribution in [-0.4, -0.2) is 42.8 Å². The number of aryl methyl sites for hydroxylation is 1. The van der Waals surface area contributed by atoms with Crippen LogP contribution in [0.4, 0.5) is 10.5 Å². The second kappa shape index (κ2) is 12.7. The van der Waals surface area contributed by atoms with Crippen molar-refractivity contribution >= 4 is 53.1 Å². The molecule has 0 atom stereocenters. The number of guanidine groups is 1. The fourth-order valence-corrected chi connectivity index (χ4v) is 3.20. The van der Waals surface area contributed by atoms with Gasteiger partial charge in [-0.2, -0.15) is 0 Å². The molecule has 30 heavy (non-hydrogen) atoms. The highest BCUT2D eigenvalue weighted by Crippen LogP contribution is 2.13. The lowest BCUT2D eigenvalue weighted by Gasteiger charge is -2.19. The van der Waals surface area contributed by atoms with E-state index < -0.39 is 11.7 Å². The summed E-state index contributed by atoms with van der Waals surface area (Å²) in [6.07, 6.45) is 1.27. The zero-order chi connectivity index (χ0) is 21.3. The summed E-state index contributed by atoms with van der Waals surface area (Å²) in [4.78, 5) is 20.5. The molecule has 1 aromatic carbocycles. The van der Waals surface area contributed by atoms with E-state index in [-0.39, 0.29) is 24.0 Å². The highest BCUT2D eigenvalue weighted by Gasteiger charge is 2.16. The summed E-state index contributed by atoms with van der Waals surface area (Å²) in [7, 11) is 1.76. The number of amides is 1. The second-order valence-corrected chi connectivity index (χ2v) is 8.67. The molecule has 0 radical (unpaired) electrons. The molecule has 0 aliphatic carbocycles. The minimum atomic E-state index is -0.512. The first-order valence-electron chi connectivity index (χ1n) is 9.69. The Labute approximate surface area is 200 Å². The van der Waals surface area contributed by atoms with Crippen LogP contribution in [0.1, 0.15) is 37.0 Å². The van der Waals surface area contributed by atoms with Crippen LogP contribution in [0.3, 0.4) is 0 Å². The number of hydrogen-bond acceptors (Lipinski definition) is 5. The van der Waals surface area contributed by atoms with Crippen LogP contribution >= 0.6 is 35.3 Å². The molecule has 1 heterocycles. The van der Waals surface area contributed by atoms with Gasteiger partial charge >= 0.3 is 6.09 Å². The molecule has 0 spiro atoms. The van der Waals surface area contributed by atoms with Gasteiger partial charge in [-0.3, -0.25) is 10.3 Å². The number of hydrogen-bond donors (Lipinski definition) is 3. The van der Waals surface area contributed by atoms with E-state index in [1.807, 2.05) is 52.0 Å². The summed E-state index contributed by atoms with van der Waals surface area (Å²) in [5, 5.41) is 12.5. The Bertz CT molecular complexity index is 816. The Kier molecular flexibility index (Phi) is 11.1. The van der Waals surface area contributed by atoms with E-state index in [4.69, 9.17) is 4.74 Å². The molecule has 1 aromatic heterocycles. The van der Waals surface area contributed by atoms with Crippen LogP contribution in [0.15, 0.2) is 34.6 Å². The van der Waals surface area contributed by atoms with Crippen LogP contribution in [-0.2, 0) is 17.6 Å². The van der Waals surface area contributed by atoms with Gasteiger partial charge in [0, 0.05) is 37.6 Å². The monoisotopic (exact) mass is 545 g/mol. The highest BCUT2D eigenvalue weighted by molar-refractivity contribution is 14.0. The molecular formula is C21H32IN5O2S. The van der Waals surface area contributed by atoms with E-state index in [2.05, 4.69) is 31.3 Å². The third-order valence-corrected chi connectivity index (χ3v) is 4.69. The minimum Gasteiger partial charge on any atom is -0.444 e. The van der Waals surface area contributed by atoms with Gasteiger partial charge in [-0.25, -0.2) is 9.78 Å². The molecule has 2 rings (SSSR count). The van der Waals surface area contributed by atoms with Gasteiger partial charge in [0.15, 0.2) is 5.96 Å². The molecular weight excluding hydrogens is 513 g/mol. The number of aromatic nitrogens is 1. The highest BCUT2D eigenvalue weighted by atomic mass is 127. The Morgan fingerprint density at radius 3 is 2.30 bits per heavy atom. The molecule has 1 amide bonds. The molecule has 0 bridgehead atoms. The molecule has 0 saturated carbocycles. The molecule has 9 heteroatoms. The van der Waals surface area contributed by atoms with E-state index in [0.29, 0.717) is 5.69 Å². The summed E-state index contributed by atoms with van der Waals surface area (Å²) < 4.78 is 5.25. The fourth-order valence-electron chi connectivity index (χ4n) is 2.55. The number of carbonyl (C=O) groups is 1. The Morgan fingerprint density at radius 1 is 1.13 bits per heavy atom. The maximum Gasteiger partial charge on any atom is 0.412 e. The number of thiazole rings is 1. The number of benzene rings is 1. The predicted octanol–water partition coefficient (Wildman–Crippen LogP) is 4.37. The quantitative estimate of drug-likeness (QED) is 0.273. The number of nitrogens with one attached hydrogen (secondary N) is 3. The molecule has 0 unspecified atom stereocenters. The molecule has 3 N–H and O–H groups in total. The first-order chi connectivity index (χ1) is 13.7. The summed E-state index contributed by atoms with van der Waals surface area (Å²) in [5.74, 6) is 0.778. The number of halogens is 1. The van der Waals surface area contributed by atoms with E-state index in [0.717, 1.165) is 42.6 Å². The zero-order valence-corrected chi connectivity index (χ0v) is 21.4. The Morgan fingerprint density at radius 2 is 1.77 bits per heavy atom. The average Bonchev–Trinajstić information content (AvgIpc) is 3.05. The Hall–Kier alpha value is -1.88. The molecule has 0 aliphatic rings. The van der Waals surface area contributed by atoms with Crippen molar-refractivity contribution in [3.63, 3.8) is 0 Å². The molecule has 2 aromatic rings. The summed E-state index contributed by atoms with van der Waals surface area (Å²) in [6, 6.07) is 7.74. The van der Waals surface area contributed by atoms with Gasteiger partial charge in [-0.15, -0.1) is 35.3 Å². The van der Waals surface area contributed by atoms with Crippen molar-refractivity contribution in [3.8, 4) is 0 Å². The van der Waals surface area contributed by atoms with Crippen LogP contribution in [0.2, 0.25) is 0 Å². The summed E-state index contributed by atoms with van der Waals surface area (Å²) in [5.41, 5.74) is 2.48. The lowest BCUT2D eigenvalue weighted by atomic mass is 10.1. The summed E-state index contributed by atoms with van der Waals surface area (Å²) >= 11 is 1.67. The topological polar surface area (TPSA) is 87.6 Å². The maximum absolute atomic E-state index is 11.8. The SMILES string of the molecule is CN=C(NCCc1ccc(NC(=O)OC(C)(C)C)cc1)NCCc1csc(C)n1.I. The third-order valence-electron chi connectivity index (χ3n) is 3.87. The van der Waals surface area contributed by atoms with Crippen LogP contribution in [0.5, 0.6) is 0 Å². The smallest absolute Gasteiger partial charge is 0.412 e. The number of anilines is 1. The van der Waals surface area contributed by atoms with Crippen LogP contribution in [0, 0.1) is 6.92 Å². The number of aliphatic imine (C=N–C) groups is 1. The molecule has 0 fully saturated rings. The largest absolute Gasteiger partial charge is 0.444 e. The first-order valence-corrected chi connectivity index (χ1v) is 10.6. The zero-order valence-electron chi connectivity index (χ0n) is 18.2. The van der Waals surface area contributed by atoms with Gasteiger partial charge in [0.05, 0.1) is 10.7 Å². The van der Waals surface area contributed by atoms with E-state index >= 15 is 0 Å². The first kappa shape index (κ1) is 26.2. The van der Waals surface area contributed by atoms with Gasteiger partial charge in [0.1, 0.15) is 5.60 Å². The van der Waals surface area contributed by atoms with Crippen molar-refractivity contribution in [2.75, 3.05) is 25.5 Å². The third kappa shape index (κ3) is 10.2. The number of rotatable bonds is 7. The molecule has 0 saturated heterocycles. The van der Waals surface area contributed by atoms with Crippen molar-refractivity contribution in [2.45, 2.75) is 46.1 Å². The van der Waals surface area contributed by atoms with Gasteiger partial charge in [-0.05, 0) is 51.8 Å². The lowest BCUT2D eigenvalue weighted by molar-refractivity contribution is 0.0636. The predicted molar refractivity (Wildman–Crippen MR) is 135 cm³/mol. The second-order valence-electron chi connectivity index (χ2n) is 7.61. The Balaban J connectivity index is 0.00000450. The number of carbonyl (C=O) groups excluding carboxylic acids is 1. The fraction of sp³-hybridized carbons (Fsp3) is 0.476. The maximum atomic E-state index is 11.8. The van der Waals surface area contributed by atoms with Gasteiger partial charge in [0.25, 0.3) is 0 Å². The van der Waals surface area contributed by atoms with Gasteiger partial charge in [0.2, 0.25) is 0 Å². The lowest BCUT2D eigenvalue weighted by Crippen LogP contribution is -2.39. The molecule has 0 aliphatic heterocycles. The van der Waals surface area contributed by atoms with E-state index in [9.17, 15) is 4.79 Å². The summed E-state index contributed by atoms with van der Waals surface area (Å²) in [6.45, 7) is 9.08. The van der Waals surface area contributed by atoms with Crippen molar-refractivity contribution < 1.29 is 9.53 Å². The van der Waals surface area contributed by atoms with Crippen LogP contribution in [0.25, 0.3) is 0 Å². The van der Waals surface area contributed by atoms with Crippen molar-refractivity contribution in [1.82, 2.24) is 15.6 Å². The number of nitrogens with zero attached hydrogens (tertiary/aromatic N) is 2. The van der Waals surface area contributed by atoms with E-state index in [1.54, 1.807) is 18.4 Å². The van der Waals surface area contributed by atoms with Gasteiger partial charge < -0.3 is 15.4 Å². The van der Waals surface area contributed by atoms with Crippen molar-refractivity contribution in [2.24, 2.45) is 4.99 Å². The molecule has 166 valence electrons. The van der Waals surface area contributed by atoms with Crippen molar-refractivity contribution in [1.29, 1.82) is 0 Å². The van der Waals surface area contributed by atoms with Crippen LogP contribution < -0.4 is 16.0 Å². The van der Waals surface area contributed by atoms with Crippen molar-refractivity contribution in [3.05, 3.63) is 45.9 Å². The normalized spacial score (nSPS) is 11.4.